The van der Waals surface area contributed by atoms with Gasteiger partial charge in [-0.2, -0.15) is 0 Å². The summed E-state index contributed by atoms with van der Waals surface area (Å²) in [5.74, 6) is 0.331. The second-order valence-corrected chi connectivity index (χ2v) is 6.77. The molecule has 90 valence electrons. The van der Waals surface area contributed by atoms with Crippen molar-refractivity contribution in [2.75, 3.05) is 18.1 Å². The van der Waals surface area contributed by atoms with Crippen molar-refractivity contribution in [3.63, 3.8) is 0 Å². The van der Waals surface area contributed by atoms with Crippen molar-refractivity contribution in [1.29, 1.82) is 0 Å². The van der Waals surface area contributed by atoms with Gasteiger partial charge in [-0.15, -0.1) is 0 Å². The van der Waals surface area contributed by atoms with Crippen LogP contribution in [0.2, 0.25) is 0 Å². The highest BCUT2D eigenvalue weighted by Gasteiger charge is 2.38. The van der Waals surface area contributed by atoms with Crippen molar-refractivity contribution in [3.8, 4) is 0 Å². The standard InChI is InChI=1S/C10H21NO3S/c1-3-9(2)11-10(7-12)5-4-6-15(13,14)8-10/h9,11-12H,3-8H2,1-2H3. The van der Waals surface area contributed by atoms with Gasteiger partial charge in [-0.05, 0) is 26.2 Å². The molecular weight excluding hydrogens is 214 g/mol. The smallest absolute Gasteiger partial charge is 0.152 e. The molecule has 2 N–H and O–H groups in total. The molecule has 0 saturated carbocycles. The maximum Gasteiger partial charge on any atom is 0.152 e. The first-order chi connectivity index (χ1) is 6.93. The van der Waals surface area contributed by atoms with E-state index in [4.69, 9.17) is 0 Å². The van der Waals surface area contributed by atoms with Crippen molar-refractivity contribution < 1.29 is 13.5 Å². The largest absolute Gasteiger partial charge is 0.394 e. The van der Waals surface area contributed by atoms with E-state index in [1.807, 2.05) is 13.8 Å². The molecule has 0 aromatic rings. The van der Waals surface area contributed by atoms with E-state index < -0.39 is 15.4 Å². The Morgan fingerprint density at radius 1 is 1.53 bits per heavy atom. The SMILES string of the molecule is CCC(C)NC1(CO)CCCS(=O)(=O)C1. The average molecular weight is 235 g/mol. The van der Waals surface area contributed by atoms with Crippen molar-refractivity contribution in [2.45, 2.75) is 44.7 Å². The van der Waals surface area contributed by atoms with Crippen LogP contribution in [0.5, 0.6) is 0 Å². The lowest BCUT2D eigenvalue weighted by Gasteiger charge is -2.38. The van der Waals surface area contributed by atoms with Gasteiger partial charge in [0.1, 0.15) is 0 Å². The van der Waals surface area contributed by atoms with Gasteiger partial charge in [-0.3, -0.25) is 0 Å². The molecule has 0 radical (unpaired) electrons. The Kier molecular flexibility index (Phi) is 4.14. The molecule has 1 aliphatic rings. The molecule has 1 heterocycles. The maximum atomic E-state index is 11.5. The second-order valence-electron chi connectivity index (χ2n) is 4.59. The minimum absolute atomic E-state index is 0.0703. The molecule has 0 spiro atoms. The topological polar surface area (TPSA) is 66.4 Å². The molecule has 0 aromatic heterocycles. The van der Waals surface area contributed by atoms with E-state index >= 15 is 0 Å². The fourth-order valence-corrected chi connectivity index (χ4v) is 3.99. The summed E-state index contributed by atoms with van der Waals surface area (Å²) in [5.41, 5.74) is -0.605. The lowest BCUT2D eigenvalue weighted by Crippen LogP contribution is -2.58. The first-order valence-corrected chi connectivity index (χ1v) is 7.34. The van der Waals surface area contributed by atoms with Gasteiger partial charge in [0.05, 0.1) is 23.7 Å². The van der Waals surface area contributed by atoms with Crippen LogP contribution >= 0.6 is 0 Å². The zero-order chi connectivity index (χ0) is 11.5. The first kappa shape index (κ1) is 12.9. The van der Waals surface area contributed by atoms with E-state index in [2.05, 4.69) is 5.32 Å². The Hall–Kier alpha value is -0.130. The van der Waals surface area contributed by atoms with Gasteiger partial charge in [0.2, 0.25) is 0 Å². The lowest BCUT2D eigenvalue weighted by atomic mass is 9.95. The van der Waals surface area contributed by atoms with Crippen LogP contribution in [-0.4, -0.2) is 43.2 Å². The third-order valence-corrected chi connectivity index (χ3v) is 4.98. The van der Waals surface area contributed by atoms with Crippen molar-refractivity contribution >= 4 is 9.84 Å². The van der Waals surface area contributed by atoms with E-state index in [9.17, 15) is 13.5 Å². The zero-order valence-electron chi connectivity index (χ0n) is 9.49. The Balaban J connectivity index is 2.75. The number of hydrogen-bond donors (Lipinski definition) is 2. The molecule has 1 aliphatic heterocycles. The van der Waals surface area contributed by atoms with Crippen LogP contribution in [-0.2, 0) is 9.84 Å². The highest BCUT2D eigenvalue weighted by atomic mass is 32.2. The molecule has 0 bridgehead atoms. The summed E-state index contributed by atoms with van der Waals surface area (Å²) in [4.78, 5) is 0. The quantitative estimate of drug-likeness (QED) is 0.736. The highest BCUT2D eigenvalue weighted by molar-refractivity contribution is 7.91. The Morgan fingerprint density at radius 3 is 2.67 bits per heavy atom. The summed E-state index contributed by atoms with van der Waals surface area (Å²) >= 11 is 0. The minimum Gasteiger partial charge on any atom is -0.394 e. The van der Waals surface area contributed by atoms with Gasteiger partial charge in [0, 0.05) is 6.04 Å². The van der Waals surface area contributed by atoms with E-state index in [-0.39, 0.29) is 24.2 Å². The third kappa shape index (κ3) is 3.43. The number of sulfone groups is 1. The summed E-state index contributed by atoms with van der Waals surface area (Å²) in [6.45, 7) is 3.95. The third-order valence-electron chi connectivity index (χ3n) is 3.07. The zero-order valence-corrected chi connectivity index (χ0v) is 10.3. The van der Waals surface area contributed by atoms with Crippen LogP contribution in [0, 0.1) is 0 Å². The van der Waals surface area contributed by atoms with Crippen LogP contribution in [0.1, 0.15) is 33.1 Å². The van der Waals surface area contributed by atoms with Crippen LogP contribution in [0.15, 0.2) is 0 Å². The van der Waals surface area contributed by atoms with Crippen LogP contribution in [0.4, 0.5) is 0 Å². The number of hydrogen-bond acceptors (Lipinski definition) is 4. The van der Waals surface area contributed by atoms with Crippen LogP contribution in [0.25, 0.3) is 0 Å². The predicted octanol–water partition coefficient (Wildman–Crippen LogP) is 0.314. The summed E-state index contributed by atoms with van der Waals surface area (Å²) in [6.07, 6.45) is 2.32. The average Bonchev–Trinajstić information content (AvgIpc) is 2.16. The monoisotopic (exact) mass is 235 g/mol. The second kappa shape index (κ2) is 4.80. The molecule has 0 amide bonds. The molecule has 4 nitrogen and oxygen atoms in total. The van der Waals surface area contributed by atoms with Gasteiger partial charge < -0.3 is 10.4 Å². The number of rotatable bonds is 4. The molecule has 2 atom stereocenters. The van der Waals surface area contributed by atoms with Gasteiger partial charge in [0.25, 0.3) is 0 Å². The molecule has 15 heavy (non-hydrogen) atoms. The number of aliphatic hydroxyl groups is 1. The molecule has 5 heteroatoms. The van der Waals surface area contributed by atoms with Crippen molar-refractivity contribution in [3.05, 3.63) is 0 Å². The lowest BCUT2D eigenvalue weighted by molar-refractivity contribution is 0.151. The molecule has 0 aliphatic carbocycles. The molecule has 1 fully saturated rings. The highest BCUT2D eigenvalue weighted by Crippen LogP contribution is 2.23. The molecule has 1 saturated heterocycles. The van der Waals surface area contributed by atoms with Crippen LogP contribution in [0.3, 0.4) is 0 Å². The number of nitrogens with one attached hydrogen (secondary N) is 1. The predicted molar refractivity (Wildman–Crippen MR) is 60.6 cm³/mol. The Bertz CT molecular complexity index is 302. The summed E-state index contributed by atoms with van der Waals surface area (Å²) in [5, 5.41) is 12.6. The Morgan fingerprint density at radius 2 is 2.20 bits per heavy atom. The number of aliphatic hydroxyl groups excluding tert-OH is 1. The fourth-order valence-electron chi connectivity index (χ4n) is 2.10. The van der Waals surface area contributed by atoms with Crippen molar-refractivity contribution in [2.24, 2.45) is 0 Å². The van der Waals surface area contributed by atoms with Crippen molar-refractivity contribution in [1.82, 2.24) is 5.32 Å². The van der Waals surface area contributed by atoms with E-state index in [0.29, 0.717) is 6.42 Å². The maximum absolute atomic E-state index is 11.5. The summed E-state index contributed by atoms with van der Waals surface area (Å²) < 4.78 is 23.1. The molecule has 2 unspecified atom stereocenters. The Labute approximate surface area is 92.0 Å². The van der Waals surface area contributed by atoms with E-state index in [1.54, 1.807) is 0 Å². The van der Waals surface area contributed by atoms with Crippen LogP contribution < -0.4 is 5.32 Å². The summed E-state index contributed by atoms with van der Waals surface area (Å²) in [6, 6.07) is 0.241. The fraction of sp³-hybridized carbons (Fsp3) is 1.00. The van der Waals surface area contributed by atoms with Gasteiger partial charge in [-0.1, -0.05) is 6.92 Å². The summed E-state index contributed by atoms with van der Waals surface area (Å²) in [7, 11) is -2.98. The molecule has 1 rings (SSSR count). The normalized spacial score (nSPS) is 32.5. The molecular formula is C10H21NO3S. The van der Waals surface area contributed by atoms with Gasteiger partial charge in [0.15, 0.2) is 9.84 Å². The van der Waals surface area contributed by atoms with Gasteiger partial charge >= 0.3 is 0 Å². The molecule has 0 aromatic carbocycles. The minimum atomic E-state index is -2.98. The first-order valence-electron chi connectivity index (χ1n) is 5.52. The van der Waals surface area contributed by atoms with Gasteiger partial charge in [-0.25, -0.2) is 8.42 Å². The van der Waals surface area contributed by atoms with E-state index in [1.165, 1.54) is 0 Å². The van der Waals surface area contributed by atoms with E-state index in [0.717, 1.165) is 12.8 Å².